The Labute approximate surface area is 423 Å². The minimum absolute atomic E-state index is 0.412. The maximum absolute atomic E-state index is 4.57. The molecule has 0 aliphatic heterocycles. The van der Waals surface area contributed by atoms with Gasteiger partial charge in [-0.25, -0.2) is 15.0 Å². The highest BCUT2D eigenvalue weighted by Gasteiger charge is 2.08. The van der Waals surface area contributed by atoms with E-state index in [1.165, 1.54) is 28.1 Å². The molecule has 4 aromatic heterocycles. The summed E-state index contributed by atoms with van der Waals surface area (Å²) in [6, 6.07) is 18.1. The second kappa shape index (κ2) is 44.0. The van der Waals surface area contributed by atoms with E-state index in [9.17, 15) is 0 Å². The topological polar surface area (TPSA) is 87.2 Å². The fraction of sp³-hybridized carbons (Fsp3) is 0.667. The van der Waals surface area contributed by atoms with Crippen molar-refractivity contribution in [2.45, 2.75) is 267 Å². The first kappa shape index (κ1) is 72.8. The maximum atomic E-state index is 4.57. The molecular formula is C60H112N8. The molecule has 0 saturated heterocycles. The van der Waals surface area contributed by atoms with Crippen molar-refractivity contribution in [1.29, 1.82) is 0 Å². The summed E-state index contributed by atoms with van der Waals surface area (Å²) in [5.74, 6) is 6.15. The number of hydrogen-bond donors (Lipinski definition) is 0. The van der Waals surface area contributed by atoms with Gasteiger partial charge in [0.2, 0.25) is 0 Å². The third kappa shape index (κ3) is 32.5. The Morgan fingerprint density at radius 1 is 0.353 bits per heavy atom. The number of nitrogens with zero attached hydrogens (tertiary/aromatic N) is 8. The zero-order valence-electron chi connectivity index (χ0n) is 50.3. The van der Waals surface area contributed by atoms with Gasteiger partial charge in [0, 0.05) is 53.4 Å². The van der Waals surface area contributed by atoms with Gasteiger partial charge < -0.3 is 0 Å². The first-order valence-corrected chi connectivity index (χ1v) is 26.9. The summed E-state index contributed by atoms with van der Waals surface area (Å²) < 4.78 is 3.88. The van der Waals surface area contributed by atoms with Crippen LogP contribution in [0.4, 0.5) is 0 Å². The van der Waals surface area contributed by atoms with Crippen LogP contribution in [0.5, 0.6) is 0 Å². The van der Waals surface area contributed by atoms with Crippen LogP contribution in [0.1, 0.15) is 313 Å². The van der Waals surface area contributed by atoms with Crippen molar-refractivity contribution in [3.05, 3.63) is 119 Å². The van der Waals surface area contributed by atoms with E-state index >= 15 is 0 Å². The van der Waals surface area contributed by atoms with Crippen molar-refractivity contribution >= 4 is 0 Å². The molecule has 0 radical (unpaired) electrons. The Morgan fingerprint density at radius 3 is 0.985 bits per heavy atom. The quantitative estimate of drug-likeness (QED) is 0.139. The second-order valence-electron chi connectivity index (χ2n) is 18.3. The van der Waals surface area contributed by atoms with Crippen LogP contribution in [0.2, 0.25) is 0 Å². The lowest BCUT2D eigenvalue weighted by molar-refractivity contribution is 0.522. The van der Waals surface area contributed by atoms with Crippen LogP contribution in [0.15, 0.2) is 73.4 Å². The highest BCUT2D eigenvalue weighted by Crippen LogP contribution is 2.20. The lowest BCUT2D eigenvalue weighted by Crippen LogP contribution is -2.02. The van der Waals surface area contributed by atoms with Crippen molar-refractivity contribution in [2.75, 3.05) is 0 Å². The summed E-state index contributed by atoms with van der Waals surface area (Å²) in [6.07, 6.45) is 7.71. The van der Waals surface area contributed by atoms with E-state index in [1.807, 2.05) is 97.1 Å². The largest absolute Gasteiger partial charge is 0.270 e. The zero-order chi connectivity index (χ0) is 54.3. The van der Waals surface area contributed by atoms with Crippen LogP contribution < -0.4 is 0 Å². The molecule has 8 nitrogen and oxygen atoms in total. The summed E-state index contributed by atoms with van der Waals surface area (Å²) in [4.78, 5) is 17.4. The van der Waals surface area contributed by atoms with Crippen LogP contribution in [0, 0.1) is 0 Å². The van der Waals surface area contributed by atoms with Crippen molar-refractivity contribution in [3.63, 3.8) is 0 Å². The van der Waals surface area contributed by atoms with Gasteiger partial charge in [0.1, 0.15) is 12.2 Å². The van der Waals surface area contributed by atoms with Crippen LogP contribution in [0.3, 0.4) is 0 Å². The maximum Gasteiger partial charge on any atom is 0.153 e. The fourth-order valence-corrected chi connectivity index (χ4v) is 5.10. The summed E-state index contributed by atoms with van der Waals surface area (Å²) in [5.41, 5.74) is 7.70. The first-order chi connectivity index (χ1) is 32.0. The highest BCUT2D eigenvalue weighted by molar-refractivity contribution is 5.26. The normalized spacial score (nSPS) is 10.1. The Balaban J connectivity index is -0.000000232. The minimum Gasteiger partial charge on any atom is -0.270 e. The van der Waals surface area contributed by atoms with Gasteiger partial charge in [0.05, 0.1) is 6.20 Å². The number of rotatable bonds is 10. The standard InChI is InChI=1S/C12H18.C11H17N.C10H16N2.C9H16N2.C8H15N3.5C2H6/c1-9(2)11-5-7-12(8-6-11)10(3)4;1-8(2)10-6-5-7-11(12-10)9(3)4;1-7(2)9-5-6-11-10(12-9)8(3)4;1-7(2)9-5-10-11(6-9)8(3)4;1-6(2)8-9-5-11(10-8)7(3)4;5*1-2/h5-10H,1-4H3;5-9H,1-4H3;5-8H,1-4H3;5-8H,1-4H3;5-7H,1-4H3;5*1-2H3. The van der Waals surface area contributed by atoms with Crippen LogP contribution in [-0.4, -0.2) is 39.5 Å². The van der Waals surface area contributed by atoms with Gasteiger partial charge in [0.15, 0.2) is 5.82 Å². The Morgan fingerprint density at radius 2 is 0.721 bits per heavy atom. The molecular weight excluding hydrogens is 833 g/mol. The van der Waals surface area contributed by atoms with E-state index in [-0.39, 0.29) is 0 Å². The summed E-state index contributed by atoms with van der Waals surface area (Å²) in [5, 5.41) is 8.57. The van der Waals surface area contributed by atoms with E-state index in [4.69, 9.17) is 0 Å². The molecule has 0 saturated carbocycles. The van der Waals surface area contributed by atoms with E-state index in [1.54, 1.807) is 6.33 Å². The second-order valence-corrected chi connectivity index (χ2v) is 18.3. The average Bonchev–Trinajstić information content (AvgIpc) is 4.06. The number of benzene rings is 1. The monoisotopic (exact) mass is 945 g/mol. The van der Waals surface area contributed by atoms with Gasteiger partial charge >= 0.3 is 0 Å². The SMILES string of the molecule is CC.CC.CC.CC.CC.CC(C)c1ccc(C(C)C)cc1.CC(C)c1cccc(C(C)C)n1.CC(C)c1ccnc(C(C)C)n1.CC(C)c1cnn(C(C)C)c1.CC(C)c1ncn(C(C)C)n1. The molecule has 5 rings (SSSR count). The molecule has 0 spiro atoms. The van der Waals surface area contributed by atoms with E-state index in [0.29, 0.717) is 59.4 Å². The van der Waals surface area contributed by atoms with Crippen molar-refractivity contribution in [1.82, 2.24) is 39.5 Å². The van der Waals surface area contributed by atoms with Crippen LogP contribution in [0.25, 0.3) is 0 Å². The van der Waals surface area contributed by atoms with Gasteiger partial charge in [-0.05, 0) is 98.1 Å². The molecule has 0 atom stereocenters. The van der Waals surface area contributed by atoms with Gasteiger partial charge in [0.25, 0.3) is 0 Å². The highest BCUT2D eigenvalue weighted by atomic mass is 15.3. The van der Waals surface area contributed by atoms with Gasteiger partial charge in [-0.1, -0.05) is 210 Å². The summed E-state index contributed by atoms with van der Waals surface area (Å²) >= 11 is 0. The molecule has 0 aliphatic carbocycles. The van der Waals surface area contributed by atoms with E-state index in [0.717, 1.165) is 17.3 Å². The molecule has 8 heteroatoms. The first-order valence-electron chi connectivity index (χ1n) is 26.9. The van der Waals surface area contributed by atoms with Crippen LogP contribution in [-0.2, 0) is 0 Å². The number of hydrogen-bond acceptors (Lipinski definition) is 6. The molecule has 0 unspecified atom stereocenters. The smallest absolute Gasteiger partial charge is 0.153 e. The molecule has 0 fully saturated rings. The lowest BCUT2D eigenvalue weighted by Gasteiger charge is -2.08. The number of aromatic nitrogens is 8. The van der Waals surface area contributed by atoms with Crippen molar-refractivity contribution in [3.8, 4) is 0 Å². The predicted molar refractivity (Wildman–Crippen MR) is 305 cm³/mol. The average molecular weight is 946 g/mol. The van der Waals surface area contributed by atoms with E-state index < -0.39 is 0 Å². The van der Waals surface area contributed by atoms with Crippen molar-refractivity contribution in [2.24, 2.45) is 0 Å². The van der Waals surface area contributed by atoms with Gasteiger partial charge in [-0.3, -0.25) is 14.3 Å². The molecule has 392 valence electrons. The molecule has 0 N–H and O–H groups in total. The predicted octanol–water partition coefficient (Wildman–Crippen LogP) is 19.7. The molecule has 68 heavy (non-hydrogen) atoms. The summed E-state index contributed by atoms with van der Waals surface area (Å²) in [6.45, 7) is 63.1. The Bertz CT molecular complexity index is 1580. The van der Waals surface area contributed by atoms with Gasteiger partial charge in [-0.15, -0.1) is 0 Å². The Hall–Kier alpha value is -4.20. The summed E-state index contributed by atoms with van der Waals surface area (Å²) in [7, 11) is 0. The van der Waals surface area contributed by atoms with Crippen LogP contribution >= 0.6 is 0 Å². The number of pyridine rings is 1. The van der Waals surface area contributed by atoms with Gasteiger partial charge in [-0.2, -0.15) is 10.2 Å². The molecule has 5 aromatic rings. The molecule has 0 bridgehead atoms. The fourth-order valence-electron chi connectivity index (χ4n) is 5.10. The molecule has 1 aromatic carbocycles. The zero-order valence-corrected chi connectivity index (χ0v) is 50.3. The third-order valence-corrected chi connectivity index (χ3v) is 9.44. The molecule has 0 amide bonds. The lowest BCUT2D eigenvalue weighted by atomic mass is 9.97. The Kier molecular flexibility index (Phi) is 47.1. The molecule has 4 heterocycles. The van der Waals surface area contributed by atoms with E-state index in [2.05, 4.69) is 217 Å². The van der Waals surface area contributed by atoms with Crippen molar-refractivity contribution < 1.29 is 0 Å². The minimum atomic E-state index is 0.412. The third-order valence-electron chi connectivity index (χ3n) is 9.44. The molecule has 0 aliphatic rings.